The molecule has 2 aromatic carbocycles. The number of esters is 1. The van der Waals surface area contributed by atoms with Gasteiger partial charge in [0.2, 0.25) is 6.79 Å². The average Bonchev–Trinajstić information content (AvgIpc) is 3.20. The van der Waals surface area contributed by atoms with Gasteiger partial charge in [-0.1, -0.05) is 6.07 Å². The maximum Gasteiger partial charge on any atom is 0.307 e. The molecule has 28 heavy (non-hydrogen) atoms. The van der Waals surface area contributed by atoms with E-state index in [9.17, 15) is 9.59 Å². The van der Waals surface area contributed by atoms with Crippen LogP contribution in [-0.2, 0) is 9.53 Å². The molecule has 0 radical (unpaired) electrons. The fourth-order valence-corrected chi connectivity index (χ4v) is 3.06. The summed E-state index contributed by atoms with van der Waals surface area (Å²) in [5.41, 5.74) is 1.11. The predicted molar refractivity (Wildman–Crippen MR) is 96.8 cm³/mol. The maximum absolute atomic E-state index is 12.8. The Hall–Kier alpha value is -3.42. The first-order valence-corrected chi connectivity index (χ1v) is 8.81. The number of methoxy groups -OCH3 is 1. The second-order valence-electron chi connectivity index (χ2n) is 6.28. The topological polar surface area (TPSA) is 92.3 Å². The van der Waals surface area contributed by atoms with Gasteiger partial charge in [-0.2, -0.15) is 0 Å². The number of amides is 1. The number of carbonyl (C=O) groups is 2. The van der Waals surface area contributed by atoms with Crippen LogP contribution in [0, 0.1) is 0 Å². The molecule has 0 spiro atoms. The van der Waals surface area contributed by atoms with Crippen molar-refractivity contribution in [3.63, 3.8) is 0 Å². The highest BCUT2D eigenvalue weighted by Crippen LogP contribution is 2.35. The molecule has 2 aromatic rings. The minimum absolute atomic E-state index is 0.0214. The first-order chi connectivity index (χ1) is 13.6. The molecule has 1 atom stereocenters. The third kappa shape index (κ3) is 3.66. The van der Waals surface area contributed by atoms with Crippen LogP contribution >= 0.6 is 0 Å². The molecule has 1 N–H and O–H groups in total. The van der Waals surface area contributed by atoms with Crippen molar-refractivity contribution in [3.05, 3.63) is 47.5 Å². The molecule has 8 heteroatoms. The lowest BCUT2D eigenvalue weighted by Gasteiger charge is -2.22. The summed E-state index contributed by atoms with van der Waals surface area (Å²) in [7, 11) is 1.31. The number of hydrogen-bond donors (Lipinski definition) is 1. The van der Waals surface area contributed by atoms with E-state index in [1.54, 1.807) is 36.4 Å². The van der Waals surface area contributed by atoms with Gasteiger partial charge in [0, 0.05) is 5.56 Å². The minimum Gasteiger partial charge on any atom is -0.486 e. The van der Waals surface area contributed by atoms with Gasteiger partial charge in [0.25, 0.3) is 5.91 Å². The average molecular weight is 385 g/mol. The maximum atomic E-state index is 12.8. The van der Waals surface area contributed by atoms with Crippen molar-refractivity contribution in [2.45, 2.75) is 12.5 Å². The van der Waals surface area contributed by atoms with Crippen molar-refractivity contribution in [2.24, 2.45) is 0 Å². The van der Waals surface area contributed by atoms with E-state index in [0.717, 1.165) is 0 Å². The Bertz CT molecular complexity index is 911. The Morgan fingerprint density at radius 2 is 1.64 bits per heavy atom. The monoisotopic (exact) mass is 385 g/mol. The van der Waals surface area contributed by atoms with Gasteiger partial charge in [-0.05, 0) is 35.9 Å². The van der Waals surface area contributed by atoms with Gasteiger partial charge in [0.05, 0.1) is 19.6 Å². The Balaban J connectivity index is 1.57. The molecule has 0 aliphatic carbocycles. The highest BCUT2D eigenvalue weighted by molar-refractivity contribution is 5.95. The minimum atomic E-state index is -0.596. The highest BCUT2D eigenvalue weighted by Gasteiger charge is 2.23. The van der Waals surface area contributed by atoms with E-state index in [-0.39, 0.29) is 19.1 Å². The van der Waals surface area contributed by atoms with Crippen molar-refractivity contribution in [3.8, 4) is 23.0 Å². The van der Waals surface area contributed by atoms with Crippen LogP contribution in [0.1, 0.15) is 28.4 Å². The van der Waals surface area contributed by atoms with Crippen LogP contribution in [-0.4, -0.2) is 39.0 Å². The van der Waals surface area contributed by atoms with Crippen LogP contribution in [0.15, 0.2) is 36.4 Å². The summed E-state index contributed by atoms with van der Waals surface area (Å²) >= 11 is 0. The molecule has 1 amide bonds. The normalized spacial score (nSPS) is 14.9. The van der Waals surface area contributed by atoms with Crippen molar-refractivity contribution in [1.82, 2.24) is 5.32 Å². The lowest BCUT2D eigenvalue weighted by atomic mass is 10.0. The molecule has 0 saturated carbocycles. The first-order valence-electron chi connectivity index (χ1n) is 8.81. The SMILES string of the molecule is COC(=O)CC(NC(=O)c1ccc2c(c1)OCO2)c1ccc2c(c1)OCCO2. The van der Waals surface area contributed by atoms with E-state index in [1.807, 2.05) is 0 Å². The van der Waals surface area contributed by atoms with Gasteiger partial charge in [-0.3, -0.25) is 9.59 Å². The lowest BCUT2D eigenvalue weighted by molar-refractivity contribution is -0.141. The van der Waals surface area contributed by atoms with Gasteiger partial charge in [0.1, 0.15) is 13.2 Å². The summed E-state index contributed by atoms with van der Waals surface area (Å²) in [6.07, 6.45) is -0.0214. The molecule has 8 nitrogen and oxygen atoms in total. The fourth-order valence-electron chi connectivity index (χ4n) is 3.06. The van der Waals surface area contributed by atoms with Crippen molar-refractivity contribution < 1.29 is 33.3 Å². The van der Waals surface area contributed by atoms with Crippen LogP contribution in [0.25, 0.3) is 0 Å². The van der Waals surface area contributed by atoms with E-state index in [1.165, 1.54) is 7.11 Å². The van der Waals surface area contributed by atoms with Crippen molar-refractivity contribution in [1.29, 1.82) is 0 Å². The second-order valence-corrected chi connectivity index (χ2v) is 6.28. The van der Waals surface area contributed by atoms with Gasteiger partial charge in [0.15, 0.2) is 23.0 Å². The zero-order valence-corrected chi connectivity index (χ0v) is 15.2. The molecule has 0 aromatic heterocycles. The van der Waals surface area contributed by atoms with Gasteiger partial charge in [-0.15, -0.1) is 0 Å². The third-order valence-corrected chi connectivity index (χ3v) is 4.51. The van der Waals surface area contributed by atoms with Gasteiger partial charge in [-0.25, -0.2) is 0 Å². The molecule has 2 aliphatic rings. The van der Waals surface area contributed by atoms with Crippen molar-refractivity contribution in [2.75, 3.05) is 27.1 Å². The molecule has 4 rings (SSSR count). The number of rotatable bonds is 5. The molecule has 2 aliphatic heterocycles. The lowest BCUT2D eigenvalue weighted by Crippen LogP contribution is -2.30. The Morgan fingerprint density at radius 1 is 0.964 bits per heavy atom. The Labute approximate surface area is 161 Å². The number of carbonyl (C=O) groups excluding carboxylic acids is 2. The highest BCUT2D eigenvalue weighted by atomic mass is 16.7. The summed E-state index contributed by atoms with van der Waals surface area (Å²) in [6.45, 7) is 1.06. The van der Waals surface area contributed by atoms with E-state index in [2.05, 4.69) is 5.32 Å². The molecular weight excluding hydrogens is 366 g/mol. The number of fused-ring (bicyclic) bond motifs is 2. The predicted octanol–water partition coefficient (Wildman–Crippen LogP) is 2.22. The number of ether oxygens (including phenoxy) is 5. The van der Waals surface area contributed by atoms with Crippen LogP contribution < -0.4 is 24.3 Å². The Kier molecular flexibility index (Phi) is 4.92. The Morgan fingerprint density at radius 3 is 2.46 bits per heavy atom. The molecular formula is C20H19NO7. The summed E-state index contributed by atoms with van der Waals surface area (Å²) in [5, 5.41) is 2.88. The van der Waals surface area contributed by atoms with E-state index in [0.29, 0.717) is 47.3 Å². The van der Waals surface area contributed by atoms with Crippen molar-refractivity contribution >= 4 is 11.9 Å². The standard InChI is InChI=1S/C20H19NO7/c1-24-19(22)10-14(12-2-4-15-17(8-12)26-7-6-25-15)21-20(23)13-3-5-16-18(9-13)28-11-27-16/h2-5,8-9,14H,6-7,10-11H2,1H3,(H,21,23). The molecule has 1 unspecified atom stereocenters. The van der Waals surface area contributed by atoms with Gasteiger partial charge >= 0.3 is 5.97 Å². The summed E-state index contributed by atoms with van der Waals surface area (Å²) in [5.74, 6) is 1.53. The van der Waals surface area contributed by atoms with Crippen LogP contribution in [0.2, 0.25) is 0 Å². The molecule has 0 saturated heterocycles. The molecule has 146 valence electrons. The number of hydrogen-bond acceptors (Lipinski definition) is 7. The summed E-state index contributed by atoms with van der Waals surface area (Å²) < 4.78 is 26.5. The quantitative estimate of drug-likeness (QED) is 0.789. The fraction of sp³-hybridized carbons (Fsp3) is 0.300. The van der Waals surface area contributed by atoms with E-state index >= 15 is 0 Å². The number of benzene rings is 2. The van der Waals surface area contributed by atoms with Crippen LogP contribution in [0.4, 0.5) is 0 Å². The van der Waals surface area contributed by atoms with Crippen LogP contribution in [0.3, 0.4) is 0 Å². The molecule has 0 bridgehead atoms. The third-order valence-electron chi connectivity index (χ3n) is 4.51. The molecule has 2 heterocycles. The largest absolute Gasteiger partial charge is 0.486 e. The van der Waals surface area contributed by atoms with E-state index < -0.39 is 12.0 Å². The first kappa shape index (κ1) is 18.0. The smallest absolute Gasteiger partial charge is 0.307 e. The van der Waals surface area contributed by atoms with E-state index in [4.69, 9.17) is 23.7 Å². The van der Waals surface area contributed by atoms with Gasteiger partial charge < -0.3 is 29.0 Å². The zero-order valence-electron chi connectivity index (χ0n) is 15.2. The van der Waals surface area contributed by atoms with Crippen LogP contribution in [0.5, 0.6) is 23.0 Å². The zero-order chi connectivity index (χ0) is 19.5. The number of nitrogens with one attached hydrogen (secondary N) is 1. The summed E-state index contributed by atoms with van der Waals surface area (Å²) in [4.78, 5) is 24.7. The molecule has 0 fully saturated rings. The second kappa shape index (κ2) is 7.67. The summed E-state index contributed by atoms with van der Waals surface area (Å²) in [6, 6.07) is 9.65.